The van der Waals surface area contributed by atoms with Gasteiger partial charge in [0, 0.05) is 7.05 Å². The number of rotatable bonds is 4. The third kappa shape index (κ3) is 3.42. The molecule has 0 saturated carbocycles. The minimum atomic E-state index is -0.159. The van der Waals surface area contributed by atoms with Gasteiger partial charge < -0.3 is 9.73 Å². The van der Waals surface area contributed by atoms with Gasteiger partial charge in [0.2, 0.25) is 0 Å². The molecule has 1 N–H and O–H groups in total. The summed E-state index contributed by atoms with van der Waals surface area (Å²) in [7, 11) is 1.83. The number of fused-ring (bicyclic) bond motifs is 1. The van der Waals surface area contributed by atoms with Crippen LogP contribution in [0.2, 0.25) is 0 Å². The fourth-order valence-corrected chi connectivity index (χ4v) is 3.84. The van der Waals surface area contributed by atoms with E-state index in [2.05, 4.69) is 47.4 Å². The Bertz CT molecular complexity index is 1210. The molecule has 6 nitrogen and oxygen atoms in total. The molecule has 1 aromatic carbocycles. The first kappa shape index (κ1) is 18.9. The van der Waals surface area contributed by atoms with Gasteiger partial charge in [0.1, 0.15) is 5.69 Å². The number of hydrogen-bond donors (Lipinski definition) is 1. The summed E-state index contributed by atoms with van der Waals surface area (Å²) in [5.41, 5.74) is 6.04. The number of aryl methyl sites for hydroxylation is 4. The second-order valence-corrected chi connectivity index (χ2v) is 7.50. The van der Waals surface area contributed by atoms with Crippen molar-refractivity contribution in [3.8, 4) is 11.5 Å². The Morgan fingerprint density at radius 1 is 1.17 bits per heavy atom. The first-order chi connectivity index (χ1) is 13.8. The summed E-state index contributed by atoms with van der Waals surface area (Å²) in [5.74, 6) is 0.455. The van der Waals surface area contributed by atoms with Crippen LogP contribution in [0, 0.1) is 20.8 Å². The molecule has 0 saturated heterocycles. The third-order valence-electron chi connectivity index (χ3n) is 5.23. The van der Waals surface area contributed by atoms with Crippen molar-refractivity contribution in [2.24, 2.45) is 7.05 Å². The van der Waals surface area contributed by atoms with Crippen molar-refractivity contribution in [3.63, 3.8) is 0 Å². The van der Waals surface area contributed by atoms with Crippen molar-refractivity contribution in [1.82, 2.24) is 20.1 Å². The van der Waals surface area contributed by atoms with E-state index in [0.29, 0.717) is 22.7 Å². The zero-order valence-corrected chi connectivity index (χ0v) is 17.3. The van der Waals surface area contributed by atoms with E-state index in [1.165, 1.54) is 5.56 Å². The lowest BCUT2D eigenvalue weighted by atomic mass is 9.99. The van der Waals surface area contributed by atoms with Crippen LogP contribution < -0.4 is 5.32 Å². The number of aromatic nitrogens is 3. The average Bonchev–Trinajstić information content (AvgIpc) is 3.30. The van der Waals surface area contributed by atoms with Crippen LogP contribution in [0.15, 0.2) is 47.1 Å². The summed E-state index contributed by atoms with van der Waals surface area (Å²) < 4.78 is 7.20. The maximum atomic E-state index is 13.3. The first-order valence-corrected chi connectivity index (χ1v) is 9.61. The molecule has 4 rings (SSSR count). The minimum absolute atomic E-state index is 0.129. The fourth-order valence-electron chi connectivity index (χ4n) is 3.84. The standard InChI is InChI=1S/C23H24N4O2/c1-13-8-9-17(14(2)11-13)15(3)24-23(28)18-12-19(20-7-6-10-29-20)25-22-21(18)16(4)26-27(22)5/h6-12,15H,1-5H3,(H,24,28)/t15-/m0/s1. The molecule has 0 fully saturated rings. The summed E-state index contributed by atoms with van der Waals surface area (Å²) in [6, 6.07) is 11.5. The highest BCUT2D eigenvalue weighted by molar-refractivity contribution is 6.07. The highest BCUT2D eigenvalue weighted by Crippen LogP contribution is 2.28. The molecule has 6 heteroatoms. The van der Waals surface area contributed by atoms with Crippen molar-refractivity contribution in [2.45, 2.75) is 33.7 Å². The lowest BCUT2D eigenvalue weighted by Gasteiger charge is -2.18. The van der Waals surface area contributed by atoms with Crippen molar-refractivity contribution in [1.29, 1.82) is 0 Å². The zero-order chi connectivity index (χ0) is 20.7. The first-order valence-electron chi connectivity index (χ1n) is 9.61. The fraction of sp³-hybridized carbons (Fsp3) is 0.261. The normalized spacial score (nSPS) is 12.3. The number of hydrogen-bond acceptors (Lipinski definition) is 4. The molecule has 1 atom stereocenters. The second-order valence-electron chi connectivity index (χ2n) is 7.50. The van der Waals surface area contributed by atoms with Crippen molar-refractivity contribution < 1.29 is 9.21 Å². The Labute approximate surface area is 169 Å². The van der Waals surface area contributed by atoms with Gasteiger partial charge in [-0.1, -0.05) is 23.8 Å². The van der Waals surface area contributed by atoms with Crippen LogP contribution in [0.5, 0.6) is 0 Å². The van der Waals surface area contributed by atoms with E-state index in [1.807, 2.05) is 27.0 Å². The number of nitrogens with zero attached hydrogens (tertiary/aromatic N) is 3. The molecule has 148 valence electrons. The molecule has 1 amide bonds. The van der Waals surface area contributed by atoms with Crippen LogP contribution in [0.3, 0.4) is 0 Å². The topological polar surface area (TPSA) is 73.0 Å². The molecule has 3 aromatic heterocycles. The van der Waals surface area contributed by atoms with Gasteiger partial charge in [0.15, 0.2) is 11.4 Å². The van der Waals surface area contributed by atoms with Crippen LogP contribution >= 0.6 is 0 Å². The Balaban J connectivity index is 1.76. The number of nitrogens with one attached hydrogen (secondary N) is 1. The predicted octanol–water partition coefficient (Wildman–Crippen LogP) is 4.64. The van der Waals surface area contributed by atoms with Gasteiger partial charge in [-0.15, -0.1) is 0 Å². The molecular formula is C23H24N4O2. The summed E-state index contributed by atoms with van der Waals surface area (Å²) in [6.07, 6.45) is 1.59. The van der Waals surface area contributed by atoms with Crippen LogP contribution in [0.1, 0.15) is 45.7 Å². The quantitative estimate of drug-likeness (QED) is 0.552. The van der Waals surface area contributed by atoms with Gasteiger partial charge in [-0.05, 0) is 57.0 Å². The van der Waals surface area contributed by atoms with E-state index in [-0.39, 0.29) is 11.9 Å². The largest absolute Gasteiger partial charge is 0.463 e. The molecular weight excluding hydrogens is 364 g/mol. The summed E-state index contributed by atoms with van der Waals surface area (Å²) in [5, 5.41) is 8.36. The molecule has 3 heterocycles. The number of pyridine rings is 1. The molecule has 0 radical (unpaired) electrons. The molecule has 4 aromatic rings. The maximum Gasteiger partial charge on any atom is 0.252 e. The van der Waals surface area contributed by atoms with E-state index in [9.17, 15) is 4.79 Å². The Morgan fingerprint density at radius 3 is 2.66 bits per heavy atom. The highest BCUT2D eigenvalue weighted by Gasteiger charge is 2.21. The van der Waals surface area contributed by atoms with Crippen LogP contribution in [0.4, 0.5) is 0 Å². The number of carbonyl (C=O) groups excluding carboxylic acids is 1. The van der Waals surface area contributed by atoms with Gasteiger partial charge in [-0.2, -0.15) is 5.10 Å². The van der Waals surface area contributed by atoms with Gasteiger partial charge in [-0.25, -0.2) is 4.98 Å². The molecule has 0 spiro atoms. The highest BCUT2D eigenvalue weighted by atomic mass is 16.3. The van der Waals surface area contributed by atoms with E-state index in [4.69, 9.17) is 4.42 Å². The SMILES string of the molecule is Cc1ccc([C@H](C)NC(=O)c2cc(-c3ccco3)nc3c2c(C)nn3C)c(C)c1. The molecule has 0 aliphatic rings. The minimum Gasteiger partial charge on any atom is -0.463 e. The van der Waals surface area contributed by atoms with E-state index < -0.39 is 0 Å². The van der Waals surface area contributed by atoms with Gasteiger partial charge in [0.05, 0.1) is 28.9 Å². The number of amides is 1. The summed E-state index contributed by atoms with van der Waals surface area (Å²) in [4.78, 5) is 18.0. The van der Waals surface area contributed by atoms with Crippen molar-refractivity contribution in [2.75, 3.05) is 0 Å². The van der Waals surface area contributed by atoms with Crippen LogP contribution in [-0.4, -0.2) is 20.7 Å². The molecule has 29 heavy (non-hydrogen) atoms. The lowest BCUT2D eigenvalue weighted by molar-refractivity contribution is 0.0941. The molecule has 0 aliphatic carbocycles. The van der Waals surface area contributed by atoms with Crippen molar-refractivity contribution in [3.05, 3.63) is 70.6 Å². The van der Waals surface area contributed by atoms with Gasteiger partial charge in [-0.3, -0.25) is 9.48 Å². The number of furan rings is 1. The zero-order valence-electron chi connectivity index (χ0n) is 17.3. The summed E-state index contributed by atoms with van der Waals surface area (Å²) in [6.45, 7) is 8.02. The predicted molar refractivity (Wildman–Crippen MR) is 113 cm³/mol. The van der Waals surface area contributed by atoms with E-state index in [1.54, 1.807) is 23.1 Å². The van der Waals surface area contributed by atoms with E-state index >= 15 is 0 Å². The number of carbonyl (C=O) groups is 1. The lowest BCUT2D eigenvalue weighted by Crippen LogP contribution is -2.27. The maximum absolute atomic E-state index is 13.3. The third-order valence-corrected chi connectivity index (χ3v) is 5.23. The Kier molecular flexibility index (Phi) is 4.70. The summed E-state index contributed by atoms with van der Waals surface area (Å²) >= 11 is 0. The molecule has 0 bridgehead atoms. The molecule has 0 unspecified atom stereocenters. The average molecular weight is 388 g/mol. The number of benzene rings is 1. The smallest absolute Gasteiger partial charge is 0.252 e. The monoisotopic (exact) mass is 388 g/mol. The molecule has 0 aliphatic heterocycles. The second kappa shape index (κ2) is 7.20. The van der Waals surface area contributed by atoms with Crippen molar-refractivity contribution >= 4 is 16.9 Å². The van der Waals surface area contributed by atoms with Crippen LogP contribution in [-0.2, 0) is 7.05 Å². The van der Waals surface area contributed by atoms with Gasteiger partial charge >= 0.3 is 0 Å². The van der Waals surface area contributed by atoms with Gasteiger partial charge in [0.25, 0.3) is 5.91 Å². The Hall–Kier alpha value is -3.41. The Morgan fingerprint density at radius 2 is 1.97 bits per heavy atom. The van der Waals surface area contributed by atoms with Crippen LogP contribution in [0.25, 0.3) is 22.5 Å². The van der Waals surface area contributed by atoms with E-state index in [0.717, 1.165) is 22.2 Å².